The fourth-order valence-corrected chi connectivity index (χ4v) is 5.96. The molecule has 3 heterocycles. The molecular formula is C37H36O9. The average molecular weight is 625 g/mol. The molecule has 0 fully saturated rings. The molecule has 3 aliphatic heterocycles. The SMILES string of the molecule is COc1cc2c(cc1OC)C1C(=O)c3ccc4c(c3OC1CO2)CC(C(C)C)O4.Oc1ccc(C=Cc2cc(O)cc(O)c2)cc1. The summed E-state index contributed by atoms with van der Waals surface area (Å²) in [5.74, 6) is 3.51. The van der Waals surface area contributed by atoms with E-state index < -0.39 is 5.92 Å². The van der Waals surface area contributed by atoms with Crippen LogP contribution in [-0.4, -0.2) is 54.1 Å². The van der Waals surface area contributed by atoms with Crippen molar-refractivity contribution in [1.29, 1.82) is 0 Å². The number of phenols is 3. The molecule has 0 aromatic heterocycles. The first-order valence-electron chi connectivity index (χ1n) is 15.1. The van der Waals surface area contributed by atoms with E-state index in [1.54, 1.807) is 62.8 Å². The number of phenolic OH excluding ortho intramolecular Hbond substituents is 3. The largest absolute Gasteiger partial charge is 0.508 e. The van der Waals surface area contributed by atoms with Crippen LogP contribution in [0.1, 0.15) is 52.4 Å². The number of hydrogen-bond acceptors (Lipinski definition) is 9. The van der Waals surface area contributed by atoms with Gasteiger partial charge in [0.05, 0.1) is 25.7 Å². The summed E-state index contributed by atoms with van der Waals surface area (Å²) in [4.78, 5) is 13.5. The van der Waals surface area contributed by atoms with Crippen molar-refractivity contribution in [3.8, 4) is 46.0 Å². The van der Waals surface area contributed by atoms with Crippen LogP contribution in [0, 0.1) is 5.92 Å². The summed E-state index contributed by atoms with van der Waals surface area (Å²) >= 11 is 0. The number of aromatic hydroxyl groups is 3. The molecule has 9 heteroatoms. The van der Waals surface area contributed by atoms with Crippen LogP contribution < -0.4 is 23.7 Å². The number of ether oxygens (including phenoxy) is 5. The molecule has 3 unspecified atom stereocenters. The summed E-state index contributed by atoms with van der Waals surface area (Å²) in [7, 11) is 3.16. The number of methoxy groups -OCH3 is 2. The molecule has 3 N–H and O–H groups in total. The normalized spacial score (nSPS) is 19.0. The maximum atomic E-state index is 13.5. The Morgan fingerprint density at radius 3 is 2.13 bits per heavy atom. The molecule has 3 atom stereocenters. The Labute approximate surface area is 267 Å². The number of hydrogen-bond donors (Lipinski definition) is 3. The first-order chi connectivity index (χ1) is 22.1. The number of ketones is 1. The molecule has 0 aliphatic carbocycles. The lowest BCUT2D eigenvalue weighted by Gasteiger charge is -2.37. The van der Waals surface area contributed by atoms with Crippen LogP contribution >= 0.6 is 0 Å². The van der Waals surface area contributed by atoms with E-state index in [9.17, 15) is 15.0 Å². The van der Waals surface area contributed by atoms with Crippen LogP contribution in [0.15, 0.2) is 66.7 Å². The summed E-state index contributed by atoms with van der Waals surface area (Å²) in [6, 6.07) is 18.4. The highest BCUT2D eigenvalue weighted by Gasteiger charge is 2.45. The molecule has 0 saturated carbocycles. The fourth-order valence-electron chi connectivity index (χ4n) is 5.96. The summed E-state index contributed by atoms with van der Waals surface area (Å²) in [6.07, 6.45) is 4.07. The zero-order valence-corrected chi connectivity index (χ0v) is 26.0. The maximum absolute atomic E-state index is 13.5. The average Bonchev–Trinajstić information content (AvgIpc) is 3.49. The van der Waals surface area contributed by atoms with Crippen molar-refractivity contribution in [2.75, 3.05) is 20.8 Å². The molecule has 46 heavy (non-hydrogen) atoms. The van der Waals surface area contributed by atoms with Crippen molar-refractivity contribution < 1.29 is 43.8 Å². The highest BCUT2D eigenvalue weighted by molar-refractivity contribution is 6.06. The van der Waals surface area contributed by atoms with E-state index in [0.29, 0.717) is 46.6 Å². The Morgan fingerprint density at radius 2 is 1.46 bits per heavy atom. The van der Waals surface area contributed by atoms with E-state index in [2.05, 4.69) is 13.8 Å². The van der Waals surface area contributed by atoms with Gasteiger partial charge < -0.3 is 39.0 Å². The summed E-state index contributed by atoms with van der Waals surface area (Å²) in [5.41, 5.74) is 4.00. The van der Waals surface area contributed by atoms with Crippen molar-refractivity contribution in [3.63, 3.8) is 0 Å². The topological polar surface area (TPSA) is 124 Å². The molecule has 4 aromatic carbocycles. The Balaban J connectivity index is 0.000000187. The zero-order valence-electron chi connectivity index (χ0n) is 26.0. The van der Waals surface area contributed by atoms with Crippen LogP contribution in [0.25, 0.3) is 12.2 Å². The van der Waals surface area contributed by atoms with Crippen molar-refractivity contribution in [3.05, 3.63) is 94.5 Å². The number of carbonyl (C=O) groups excluding carboxylic acids is 1. The third-order valence-corrected chi connectivity index (χ3v) is 8.37. The van der Waals surface area contributed by atoms with E-state index in [0.717, 1.165) is 28.9 Å². The van der Waals surface area contributed by atoms with Gasteiger partial charge in [-0.1, -0.05) is 38.1 Å². The molecular weight excluding hydrogens is 588 g/mol. The van der Waals surface area contributed by atoms with Crippen LogP contribution in [0.2, 0.25) is 0 Å². The minimum atomic E-state index is -0.438. The quantitative estimate of drug-likeness (QED) is 0.207. The molecule has 0 bridgehead atoms. The van der Waals surface area contributed by atoms with Gasteiger partial charge in [-0.05, 0) is 59.5 Å². The van der Waals surface area contributed by atoms with Gasteiger partial charge in [-0.3, -0.25) is 4.79 Å². The highest BCUT2D eigenvalue weighted by Crippen LogP contribution is 2.50. The first kappa shape index (κ1) is 30.7. The molecule has 0 amide bonds. The number of Topliss-reactive ketones (excluding diaryl/α,β-unsaturated/α-hetero) is 1. The minimum Gasteiger partial charge on any atom is -0.508 e. The standard InChI is InChI=1S/C23H24O6.C14H12O3/c1-11(2)16-8-14-15(28-16)6-5-12-22(24)21-13-7-18(25-3)19(26-4)9-17(13)27-10-20(21)29-23(12)14;15-12-5-3-10(4-6-12)1-2-11-7-13(16)9-14(17)8-11/h5-7,9,11,16,20-21H,8,10H2,1-4H3;1-9,15-17H. The number of rotatable bonds is 5. The second-order valence-corrected chi connectivity index (χ2v) is 11.8. The van der Waals surface area contributed by atoms with E-state index in [1.165, 1.54) is 6.07 Å². The Kier molecular flexibility index (Phi) is 8.41. The van der Waals surface area contributed by atoms with Gasteiger partial charge in [0.2, 0.25) is 0 Å². The van der Waals surface area contributed by atoms with Crippen LogP contribution in [0.3, 0.4) is 0 Å². The van der Waals surface area contributed by atoms with Crippen molar-refractivity contribution in [2.45, 2.75) is 38.4 Å². The maximum Gasteiger partial charge on any atom is 0.178 e. The molecule has 3 aliphatic rings. The summed E-state index contributed by atoms with van der Waals surface area (Å²) < 4.78 is 29.2. The van der Waals surface area contributed by atoms with Crippen molar-refractivity contribution in [1.82, 2.24) is 0 Å². The van der Waals surface area contributed by atoms with E-state index >= 15 is 0 Å². The molecule has 7 rings (SSSR count). The minimum absolute atomic E-state index is 0.0235. The third kappa shape index (κ3) is 6.00. The van der Waals surface area contributed by atoms with E-state index in [1.807, 2.05) is 24.3 Å². The summed E-state index contributed by atoms with van der Waals surface area (Å²) in [5, 5.41) is 27.7. The van der Waals surface area contributed by atoms with Gasteiger partial charge in [0, 0.05) is 29.7 Å². The molecule has 0 radical (unpaired) electrons. The predicted molar refractivity (Wildman–Crippen MR) is 173 cm³/mol. The van der Waals surface area contributed by atoms with Gasteiger partial charge in [-0.25, -0.2) is 0 Å². The molecule has 4 aromatic rings. The van der Waals surface area contributed by atoms with Crippen LogP contribution in [0.5, 0.6) is 46.0 Å². The number of fused-ring (bicyclic) bond motifs is 6. The monoisotopic (exact) mass is 624 g/mol. The van der Waals surface area contributed by atoms with Crippen molar-refractivity contribution in [2.24, 2.45) is 5.92 Å². The van der Waals surface area contributed by atoms with Gasteiger partial charge >= 0.3 is 0 Å². The predicted octanol–water partition coefficient (Wildman–Crippen LogP) is 6.76. The lowest BCUT2D eigenvalue weighted by molar-refractivity contribution is 0.0554. The van der Waals surface area contributed by atoms with E-state index in [4.69, 9.17) is 28.8 Å². The molecule has 0 saturated heterocycles. The molecule has 9 nitrogen and oxygen atoms in total. The second kappa shape index (κ2) is 12.6. The Morgan fingerprint density at radius 1 is 0.783 bits per heavy atom. The molecule has 238 valence electrons. The summed E-state index contributed by atoms with van der Waals surface area (Å²) in [6.45, 7) is 4.58. The second-order valence-electron chi connectivity index (χ2n) is 11.8. The number of carbonyl (C=O) groups is 1. The van der Waals surface area contributed by atoms with Gasteiger partial charge in [0.1, 0.15) is 53.3 Å². The van der Waals surface area contributed by atoms with E-state index in [-0.39, 0.29) is 35.2 Å². The van der Waals surface area contributed by atoms with Gasteiger partial charge in [-0.15, -0.1) is 0 Å². The Hall–Kier alpha value is -5.31. The first-order valence-corrected chi connectivity index (χ1v) is 15.1. The molecule has 0 spiro atoms. The van der Waals surface area contributed by atoms with Gasteiger partial charge in [-0.2, -0.15) is 0 Å². The Bertz CT molecular complexity index is 1770. The highest BCUT2D eigenvalue weighted by atomic mass is 16.5. The van der Waals surface area contributed by atoms with Crippen LogP contribution in [-0.2, 0) is 6.42 Å². The van der Waals surface area contributed by atoms with Gasteiger partial charge in [0.25, 0.3) is 0 Å². The van der Waals surface area contributed by atoms with Crippen molar-refractivity contribution >= 4 is 17.9 Å². The lowest BCUT2D eigenvalue weighted by atomic mass is 9.81. The van der Waals surface area contributed by atoms with Crippen LogP contribution in [0.4, 0.5) is 0 Å². The zero-order chi connectivity index (χ0) is 32.5. The lowest BCUT2D eigenvalue weighted by Crippen LogP contribution is -2.43. The fraction of sp³-hybridized carbons (Fsp3) is 0.270. The van der Waals surface area contributed by atoms with Gasteiger partial charge in [0.15, 0.2) is 17.3 Å². The number of benzene rings is 4. The smallest absolute Gasteiger partial charge is 0.178 e. The third-order valence-electron chi connectivity index (χ3n) is 8.37.